The third-order valence-electron chi connectivity index (χ3n) is 20.6. The predicted octanol–water partition coefficient (Wildman–Crippen LogP) is 26.2. The second kappa shape index (κ2) is 77.4. The number of unbranched alkanes of at least 4 members (excludes halogenated alkanes) is 54. The van der Waals surface area contributed by atoms with Crippen LogP contribution >= 0.6 is 15.6 Å². The molecule has 0 aliphatic heterocycles. The molecule has 105 heavy (non-hydrogen) atoms. The fourth-order valence-corrected chi connectivity index (χ4v) is 15.0. The summed E-state index contributed by atoms with van der Waals surface area (Å²) in [7, 11) is -9.92. The molecule has 624 valence electrons. The molecular formula is C86H168O17P2. The van der Waals surface area contributed by atoms with E-state index in [1.54, 1.807) is 0 Å². The molecule has 0 aliphatic rings. The van der Waals surface area contributed by atoms with E-state index in [1.165, 1.54) is 270 Å². The number of carbonyl (C=O) groups excluding carboxylic acids is 4. The Hall–Kier alpha value is -1.94. The highest BCUT2D eigenvalue weighted by Crippen LogP contribution is 2.45. The Bertz CT molecular complexity index is 2010. The van der Waals surface area contributed by atoms with Gasteiger partial charge < -0.3 is 33.8 Å². The molecule has 19 heteroatoms. The third kappa shape index (κ3) is 78.5. The quantitative estimate of drug-likeness (QED) is 0.0222. The summed E-state index contributed by atoms with van der Waals surface area (Å²) in [6, 6.07) is 0. The number of aliphatic hydroxyl groups excluding tert-OH is 1. The minimum absolute atomic E-state index is 0.107. The summed E-state index contributed by atoms with van der Waals surface area (Å²) < 4.78 is 68.8. The van der Waals surface area contributed by atoms with Crippen LogP contribution in [0.25, 0.3) is 0 Å². The number of hydrogen-bond donors (Lipinski definition) is 3. The van der Waals surface area contributed by atoms with Gasteiger partial charge in [0.2, 0.25) is 0 Å². The normalized spacial score (nSPS) is 14.1. The molecule has 3 N–H and O–H groups in total. The summed E-state index contributed by atoms with van der Waals surface area (Å²) in [6.45, 7) is 9.64. The van der Waals surface area contributed by atoms with Gasteiger partial charge in [-0.1, -0.05) is 408 Å². The molecule has 0 bridgehead atoms. The molecule has 6 atom stereocenters. The van der Waals surface area contributed by atoms with E-state index < -0.39 is 97.5 Å². The summed E-state index contributed by atoms with van der Waals surface area (Å²) in [5.74, 6) is -0.556. The second-order valence-electron chi connectivity index (χ2n) is 31.6. The lowest BCUT2D eigenvalue weighted by molar-refractivity contribution is -0.161. The molecule has 17 nitrogen and oxygen atoms in total. The molecule has 3 unspecified atom stereocenters. The third-order valence-corrected chi connectivity index (χ3v) is 22.5. The van der Waals surface area contributed by atoms with Crippen LogP contribution in [0.2, 0.25) is 0 Å². The maximum atomic E-state index is 13.1. The van der Waals surface area contributed by atoms with E-state index in [1.807, 2.05) is 0 Å². The maximum absolute atomic E-state index is 13.1. The summed E-state index contributed by atoms with van der Waals surface area (Å²) >= 11 is 0. The molecule has 0 aromatic carbocycles. The molecule has 0 spiro atoms. The lowest BCUT2D eigenvalue weighted by Gasteiger charge is -2.21. The fourth-order valence-electron chi connectivity index (χ4n) is 13.4. The molecule has 0 radical (unpaired) electrons. The number of carbonyl (C=O) groups is 4. The van der Waals surface area contributed by atoms with E-state index in [2.05, 4.69) is 41.5 Å². The Morgan fingerprint density at radius 2 is 0.486 bits per heavy atom. The molecule has 0 aromatic rings. The van der Waals surface area contributed by atoms with Crippen molar-refractivity contribution in [2.45, 2.75) is 477 Å². The topological polar surface area (TPSA) is 237 Å². The first-order valence-corrected chi connectivity index (χ1v) is 47.5. The largest absolute Gasteiger partial charge is 0.472 e. The van der Waals surface area contributed by atoms with E-state index >= 15 is 0 Å². The van der Waals surface area contributed by atoms with E-state index in [0.717, 1.165) is 102 Å². The van der Waals surface area contributed by atoms with Gasteiger partial charge in [0.25, 0.3) is 0 Å². The van der Waals surface area contributed by atoms with Crippen molar-refractivity contribution in [3.05, 3.63) is 0 Å². The Kier molecular flexibility index (Phi) is 76.0. The van der Waals surface area contributed by atoms with Crippen LogP contribution in [0.3, 0.4) is 0 Å². The molecule has 0 saturated heterocycles. The number of ether oxygens (including phenoxy) is 4. The second-order valence-corrected chi connectivity index (χ2v) is 34.6. The van der Waals surface area contributed by atoms with Crippen LogP contribution < -0.4 is 0 Å². The number of phosphoric acid groups is 2. The van der Waals surface area contributed by atoms with Gasteiger partial charge in [-0.2, -0.15) is 0 Å². The minimum atomic E-state index is -4.97. The van der Waals surface area contributed by atoms with Crippen LogP contribution in [0.15, 0.2) is 0 Å². The van der Waals surface area contributed by atoms with Gasteiger partial charge in [-0.25, -0.2) is 9.13 Å². The molecule has 0 saturated carbocycles. The summed E-state index contributed by atoms with van der Waals surface area (Å²) in [6.07, 6.45) is 69.8. The van der Waals surface area contributed by atoms with E-state index in [0.29, 0.717) is 31.6 Å². The van der Waals surface area contributed by atoms with Gasteiger partial charge in [-0.3, -0.25) is 37.3 Å². The first-order valence-electron chi connectivity index (χ1n) is 44.5. The molecule has 0 aromatic heterocycles. The van der Waals surface area contributed by atoms with E-state index in [4.69, 9.17) is 37.0 Å². The molecule has 0 rings (SSSR count). The van der Waals surface area contributed by atoms with Crippen molar-refractivity contribution in [2.24, 2.45) is 11.8 Å². The van der Waals surface area contributed by atoms with Gasteiger partial charge in [0.15, 0.2) is 12.2 Å². The summed E-state index contributed by atoms with van der Waals surface area (Å²) in [4.78, 5) is 73.1. The molecule has 0 aliphatic carbocycles. The minimum Gasteiger partial charge on any atom is -0.462 e. The lowest BCUT2D eigenvalue weighted by Crippen LogP contribution is -2.30. The molecular weight excluding hydrogens is 1370 g/mol. The van der Waals surface area contributed by atoms with Crippen LogP contribution in [0.5, 0.6) is 0 Å². The Morgan fingerprint density at radius 1 is 0.276 bits per heavy atom. The predicted molar refractivity (Wildman–Crippen MR) is 432 cm³/mol. The van der Waals surface area contributed by atoms with Crippen molar-refractivity contribution in [1.29, 1.82) is 0 Å². The van der Waals surface area contributed by atoms with Crippen LogP contribution in [0.1, 0.15) is 459 Å². The van der Waals surface area contributed by atoms with Gasteiger partial charge in [0, 0.05) is 25.7 Å². The molecule has 0 amide bonds. The van der Waals surface area contributed by atoms with E-state index in [9.17, 15) is 43.2 Å². The first-order chi connectivity index (χ1) is 50.9. The van der Waals surface area contributed by atoms with Gasteiger partial charge in [-0.05, 0) is 37.5 Å². The maximum Gasteiger partial charge on any atom is 0.472 e. The number of hydrogen-bond acceptors (Lipinski definition) is 15. The van der Waals surface area contributed by atoms with E-state index in [-0.39, 0.29) is 25.7 Å². The van der Waals surface area contributed by atoms with Crippen molar-refractivity contribution in [3.63, 3.8) is 0 Å². The summed E-state index contributed by atoms with van der Waals surface area (Å²) in [5.41, 5.74) is 0. The fraction of sp³-hybridized carbons (Fsp3) is 0.953. The smallest absolute Gasteiger partial charge is 0.462 e. The average Bonchev–Trinajstić information content (AvgIpc) is 0.914. The number of esters is 4. The zero-order chi connectivity index (χ0) is 77.1. The van der Waals surface area contributed by atoms with Crippen LogP contribution in [0, 0.1) is 11.8 Å². The Morgan fingerprint density at radius 3 is 0.724 bits per heavy atom. The van der Waals surface area contributed by atoms with Crippen molar-refractivity contribution < 1.29 is 80.2 Å². The highest BCUT2D eigenvalue weighted by molar-refractivity contribution is 7.47. The van der Waals surface area contributed by atoms with Gasteiger partial charge in [0.1, 0.15) is 19.3 Å². The summed E-state index contributed by atoms with van der Waals surface area (Å²) in [5, 5.41) is 10.7. The number of aliphatic hydroxyl groups is 1. The average molecular weight is 1540 g/mol. The number of phosphoric ester groups is 2. The monoisotopic (exact) mass is 1540 g/mol. The van der Waals surface area contributed by atoms with Crippen LogP contribution in [-0.2, 0) is 65.4 Å². The Balaban J connectivity index is 5.17. The number of rotatable bonds is 85. The van der Waals surface area contributed by atoms with Crippen LogP contribution in [0.4, 0.5) is 0 Å². The van der Waals surface area contributed by atoms with Gasteiger partial charge >= 0.3 is 39.5 Å². The Labute approximate surface area is 645 Å². The van der Waals surface area contributed by atoms with Crippen molar-refractivity contribution in [1.82, 2.24) is 0 Å². The standard InChI is InChI=1S/C86H168O17P2/c1-7-10-12-14-16-18-20-22-23-24-25-26-27-28-32-35-38-42-45-49-56-62-68-83(88)96-74-81(102-86(91)71-65-59-51-47-43-39-36-33-30-29-31-34-37-40-44-48-55-61-67-79(6)9-3)76-100-104(92,93)98-72-80(87)73-99-105(94,95)101-77-82(75-97-84(89)69-63-57-53-52-54-60-66-78(4)5)103-85(90)70-64-58-50-46-41-21-19-17-15-13-11-8-2/h78-82,87H,7-77H2,1-6H3,(H,92,93)(H,94,95)/t79?,80-,81-,82-/m1/s1. The zero-order valence-corrected chi connectivity index (χ0v) is 70.8. The first kappa shape index (κ1) is 103. The molecule has 0 heterocycles. The SMILES string of the molecule is CCCCCCCCCCCCCCCCCCCCCCCCC(=O)OC[C@H](COP(=O)(O)OC[C@@H](O)COP(=O)(O)OC[C@@H](COC(=O)CCCCCCCCC(C)C)OC(=O)CCCCCCCCCCCCCC)OC(=O)CCCCCCCCCCCCCCCCCCCCC(C)CC. The van der Waals surface area contributed by atoms with Crippen molar-refractivity contribution in [2.75, 3.05) is 39.6 Å². The van der Waals surface area contributed by atoms with Crippen LogP contribution in [-0.4, -0.2) is 96.7 Å². The van der Waals surface area contributed by atoms with Gasteiger partial charge in [0.05, 0.1) is 26.4 Å². The highest BCUT2D eigenvalue weighted by atomic mass is 31.2. The zero-order valence-electron chi connectivity index (χ0n) is 69.0. The van der Waals surface area contributed by atoms with Crippen molar-refractivity contribution >= 4 is 39.5 Å². The van der Waals surface area contributed by atoms with Crippen molar-refractivity contribution in [3.8, 4) is 0 Å². The highest BCUT2D eigenvalue weighted by Gasteiger charge is 2.30. The lowest BCUT2D eigenvalue weighted by atomic mass is 9.99. The molecule has 0 fully saturated rings. The van der Waals surface area contributed by atoms with Gasteiger partial charge in [-0.15, -0.1) is 0 Å².